The fourth-order valence-corrected chi connectivity index (χ4v) is 4.19. The molecule has 3 aromatic carbocycles. The number of ether oxygens (including phenoxy) is 3. The first kappa shape index (κ1) is 23.1. The van der Waals surface area contributed by atoms with Crippen LogP contribution in [0.4, 0.5) is 10.1 Å². The van der Waals surface area contributed by atoms with Gasteiger partial charge in [-0.1, -0.05) is 29.8 Å². The standard InChI is InChI=1S/C26H25FN2O5/c1-15-5-10-20-19(11-15)24(16-6-8-18(27)9-7-16)29(14-23(30)28-20)26(31)17-12-21(32-2)25(34-4)22(13-17)33-3/h5-13,24H,14H2,1-4H3,(H,28,30)/t24-/m1/s1. The van der Waals surface area contributed by atoms with Crippen LogP contribution in [-0.2, 0) is 4.79 Å². The predicted octanol–water partition coefficient (Wildman–Crippen LogP) is 4.34. The highest BCUT2D eigenvalue weighted by Crippen LogP contribution is 2.41. The molecular formula is C26H25FN2O5. The van der Waals surface area contributed by atoms with Gasteiger partial charge < -0.3 is 24.4 Å². The van der Waals surface area contributed by atoms with E-state index in [1.165, 1.54) is 38.4 Å². The van der Waals surface area contributed by atoms with Gasteiger partial charge in [-0.3, -0.25) is 9.59 Å². The Kier molecular flexibility index (Phi) is 6.40. The number of fused-ring (bicyclic) bond motifs is 1. The Hall–Kier alpha value is -4.07. The van der Waals surface area contributed by atoms with Gasteiger partial charge in [-0.25, -0.2) is 4.39 Å². The van der Waals surface area contributed by atoms with Crippen molar-refractivity contribution in [3.8, 4) is 17.2 Å². The van der Waals surface area contributed by atoms with E-state index in [9.17, 15) is 14.0 Å². The first-order valence-electron chi connectivity index (χ1n) is 10.6. The minimum atomic E-state index is -0.638. The number of rotatable bonds is 5. The Morgan fingerprint density at radius 2 is 1.62 bits per heavy atom. The SMILES string of the molecule is COc1cc(C(=O)N2CC(=O)Nc3ccc(C)cc3[C@H]2c2ccc(F)cc2)cc(OC)c1OC. The molecule has 0 aromatic heterocycles. The number of carbonyl (C=O) groups is 2. The lowest BCUT2D eigenvalue weighted by Gasteiger charge is -2.31. The van der Waals surface area contributed by atoms with Crippen LogP contribution in [0.5, 0.6) is 17.2 Å². The number of aryl methyl sites for hydroxylation is 1. The predicted molar refractivity (Wildman–Crippen MR) is 125 cm³/mol. The van der Waals surface area contributed by atoms with Gasteiger partial charge in [-0.15, -0.1) is 0 Å². The summed E-state index contributed by atoms with van der Waals surface area (Å²) < 4.78 is 29.9. The number of benzene rings is 3. The monoisotopic (exact) mass is 464 g/mol. The maximum Gasteiger partial charge on any atom is 0.255 e. The maximum absolute atomic E-state index is 13.9. The third-order valence-corrected chi connectivity index (χ3v) is 5.76. The highest BCUT2D eigenvalue weighted by molar-refractivity contribution is 6.02. The third-order valence-electron chi connectivity index (χ3n) is 5.76. The minimum Gasteiger partial charge on any atom is -0.493 e. The lowest BCUT2D eigenvalue weighted by Crippen LogP contribution is -2.39. The number of hydrogen-bond acceptors (Lipinski definition) is 5. The van der Waals surface area contributed by atoms with Crippen LogP contribution in [0.15, 0.2) is 54.6 Å². The fourth-order valence-electron chi connectivity index (χ4n) is 4.19. The van der Waals surface area contributed by atoms with Crippen LogP contribution < -0.4 is 19.5 Å². The number of nitrogens with one attached hydrogen (secondary N) is 1. The van der Waals surface area contributed by atoms with Crippen LogP contribution in [0.25, 0.3) is 0 Å². The molecule has 4 rings (SSSR count). The normalized spacial score (nSPS) is 15.1. The number of nitrogens with zero attached hydrogens (tertiary/aromatic N) is 1. The summed E-state index contributed by atoms with van der Waals surface area (Å²) in [4.78, 5) is 28.2. The number of amides is 2. The van der Waals surface area contributed by atoms with Gasteiger partial charge in [-0.2, -0.15) is 0 Å². The smallest absolute Gasteiger partial charge is 0.255 e. The molecular weight excluding hydrogens is 439 g/mol. The number of anilines is 1. The molecule has 0 radical (unpaired) electrons. The molecule has 34 heavy (non-hydrogen) atoms. The molecule has 3 aromatic rings. The highest BCUT2D eigenvalue weighted by Gasteiger charge is 2.35. The molecule has 1 aliphatic heterocycles. The van der Waals surface area contributed by atoms with E-state index >= 15 is 0 Å². The summed E-state index contributed by atoms with van der Waals surface area (Å²) in [5.74, 6) is -0.156. The number of carbonyl (C=O) groups excluding carboxylic acids is 2. The topological polar surface area (TPSA) is 77.1 Å². The summed E-state index contributed by atoms with van der Waals surface area (Å²) in [6.45, 7) is 1.73. The van der Waals surface area contributed by atoms with E-state index in [4.69, 9.17) is 14.2 Å². The van der Waals surface area contributed by atoms with Crippen molar-refractivity contribution in [3.63, 3.8) is 0 Å². The average Bonchev–Trinajstić information content (AvgIpc) is 2.98. The van der Waals surface area contributed by atoms with E-state index in [0.717, 1.165) is 11.1 Å². The van der Waals surface area contributed by atoms with Crippen LogP contribution in [0.1, 0.15) is 33.1 Å². The molecule has 1 aliphatic rings. The third kappa shape index (κ3) is 4.26. The number of methoxy groups -OCH3 is 3. The molecule has 1 N–H and O–H groups in total. The van der Waals surface area contributed by atoms with Crippen LogP contribution in [0.3, 0.4) is 0 Å². The van der Waals surface area contributed by atoms with Crippen molar-refractivity contribution in [1.29, 1.82) is 0 Å². The van der Waals surface area contributed by atoms with E-state index < -0.39 is 17.8 Å². The summed E-state index contributed by atoms with van der Waals surface area (Å²) in [6, 6.07) is 14.0. The van der Waals surface area contributed by atoms with E-state index in [1.807, 2.05) is 25.1 Å². The van der Waals surface area contributed by atoms with Crippen molar-refractivity contribution in [2.75, 3.05) is 33.2 Å². The quantitative estimate of drug-likeness (QED) is 0.608. The van der Waals surface area contributed by atoms with E-state index in [1.54, 1.807) is 24.3 Å². The fraction of sp³-hybridized carbons (Fsp3) is 0.231. The summed E-state index contributed by atoms with van der Waals surface area (Å²) in [7, 11) is 4.40. The number of halogens is 1. The minimum absolute atomic E-state index is 0.203. The van der Waals surface area contributed by atoms with Gasteiger partial charge in [0.15, 0.2) is 11.5 Å². The zero-order valence-corrected chi connectivity index (χ0v) is 19.3. The second kappa shape index (κ2) is 9.43. The summed E-state index contributed by atoms with van der Waals surface area (Å²) in [5, 5.41) is 2.88. The first-order valence-corrected chi connectivity index (χ1v) is 10.6. The Morgan fingerprint density at radius 1 is 0.971 bits per heavy atom. The van der Waals surface area contributed by atoms with Crippen molar-refractivity contribution in [1.82, 2.24) is 4.90 Å². The molecule has 0 aliphatic carbocycles. The van der Waals surface area contributed by atoms with Crippen molar-refractivity contribution in [2.45, 2.75) is 13.0 Å². The molecule has 1 atom stereocenters. The van der Waals surface area contributed by atoms with Crippen LogP contribution in [0, 0.1) is 12.7 Å². The molecule has 0 bridgehead atoms. The Labute approximate surface area is 197 Å². The van der Waals surface area contributed by atoms with Gasteiger partial charge in [0.2, 0.25) is 11.7 Å². The molecule has 1 heterocycles. The lowest BCUT2D eigenvalue weighted by molar-refractivity contribution is -0.117. The first-order chi connectivity index (χ1) is 16.4. The molecule has 0 unspecified atom stereocenters. The van der Waals surface area contributed by atoms with Gasteiger partial charge >= 0.3 is 0 Å². The van der Waals surface area contributed by atoms with Crippen LogP contribution in [0.2, 0.25) is 0 Å². The second-order valence-electron chi connectivity index (χ2n) is 7.94. The molecule has 0 saturated heterocycles. The molecule has 7 nitrogen and oxygen atoms in total. The van der Waals surface area contributed by atoms with E-state index in [2.05, 4.69) is 5.32 Å². The Balaban J connectivity index is 1.90. The zero-order valence-electron chi connectivity index (χ0n) is 19.3. The van der Waals surface area contributed by atoms with Crippen molar-refractivity contribution < 1.29 is 28.2 Å². The summed E-state index contributed by atoms with van der Waals surface area (Å²) >= 11 is 0. The van der Waals surface area contributed by atoms with Crippen LogP contribution in [-0.4, -0.2) is 44.6 Å². The molecule has 176 valence electrons. The summed E-state index contributed by atoms with van der Waals surface area (Å²) in [6.07, 6.45) is 0. The van der Waals surface area contributed by atoms with Crippen LogP contribution >= 0.6 is 0 Å². The second-order valence-corrected chi connectivity index (χ2v) is 7.94. The van der Waals surface area contributed by atoms with Gasteiger partial charge in [0.1, 0.15) is 12.4 Å². The van der Waals surface area contributed by atoms with Crippen molar-refractivity contribution in [2.24, 2.45) is 0 Å². The summed E-state index contributed by atoms with van der Waals surface area (Å²) in [5.41, 5.74) is 3.22. The van der Waals surface area contributed by atoms with E-state index in [0.29, 0.717) is 28.5 Å². The van der Waals surface area contributed by atoms with Gasteiger partial charge in [0.25, 0.3) is 5.91 Å². The Morgan fingerprint density at radius 3 is 2.21 bits per heavy atom. The van der Waals surface area contributed by atoms with E-state index in [-0.39, 0.29) is 18.0 Å². The van der Waals surface area contributed by atoms with Gasteiger partial charge in [0.05, 0.1) is 27.4 Å². The zero-order chi connectivity index (χ0) is 24.4. The van der Waals surface area contributed by atoms with Gasteiger partial charge in [0, 0.05) is 16.8 Å². The van der Waals surface area contributed by atoms with Crippen molar-refractivity contribution >= 4 is 17.5 Å². The largest absolute Gasteiger partial charge is 0.493 e. The maximum atomic E-state index is 13.9. The number of hydrogen-bond donors (Lipinski definition) is 1. The molecule has 0 spiro atoms. The Bertz CT molecular complexity index is 1220. The highest BCUT2D eigenvalue weighted by atomic mass is 19.1. The van der Waals surface area contributed by atoms with Gasteiger partial charge in [-0.05, 0) is 42.8 Å². The van der Waals surface area contributed by atoms with Crippen molar-refractivity contribution in [3.05, 3.63) is 82.7 Å². The lowest BCUT2D eigenvalue weighted by atomic mass is 9.94. The molecule has 0 fully saturated rings. The molecule has 0 saturated carbocycles. The molecule has 8 heteroatoms. The molecule has 2 amide bonds. The average molecular weight is 464 g/mol.